The number of nitrogens with zero attached hydrogens (tertiary/aromatic N) is 5. The first-order valence-corrected chi connectivity index (χ1v) is 12.1. The summed E-state index contributed by atoms with van der Waals surface area (Å²) in [6.07, 6.45) is 9.52. The molecule has 3 aromatic heterocycles. The Labute approximate surface area is 207 Å². The Bertz CT molecular complexity index is 1270. The Morgan fingerprint density at radius 2 is 1.83 bits per heavy atom. The fourth-order valence-corrected chi connectivity index (χ4v) is 4.62. The molecule has 0 spiro atoms. The van der Waals surface area contributed by atoms with Crippen LogP contribution in [0.15, 0.2) is 30.7 Å². The van der Waals surface area contributed by atoms with E-state index in [0.717, 1.165) is 50.4 Å². The van der Waals surface area contributed by atoms with Gasteiger partial charge in [-0.05, 0) is 51.6 Å². The maximum Gasteiger partial charge on any atom is 0.317 e. The highest BCUT2D eigenvalue weighted by Crippen LogP contribution is 2.30. The van der Waals surface area contributed by atoms with Crippen LogP contribution in [0.1, 0.15) is 49.0 Å². The molecule has 0 unspecified atom stereocenters. The molecule has 11 nitrogen and oxygen atoms in total. The minimum absolute atomic E-state index is 0.0279. The number of aromatic nitrogens is 4. The summed E-state index contributed by atoms with van der Waals surface area (Å²) in [4.78, 5) is 34.0. The SMILES string of the molecule is CN(CC(=O)O)C1CCC(Nc2cc(NC3CC3)c3ncc(C(=O)Nc4ccncc4F)n3n2)CC1. The summed E-state index contributed by atoms with van der Waals surface area (Å²) in [5, 5.41) is 23.2. The molecule has 0 aromatic carbocycles. The predicted octanol–water partition coefficient (Wildman–Crippen LogP) is 2.83. The Balaban J connectivity index is 1.35. The van der Waals surface area contributed by atoms with Gasteiger partial charge in [0.1, 0.15) is 5.82 Å². The van der Waals surface area contributed by atoms with Crippen molar-refractivity contribution in [2.24, 2.45) is 0 Å². The summed E-state index contributed by atoms with van der Waals surface area (Å²) < 4.78 is 15.5. The predicted molar refractivity (Wildman–Crippen MR) is 132 cm³/mol. The topological polar surface area (TPSA) is 137 Å². The number of fused-ring (bicyclic) bond motifs is 1. The average molecular weight is 497 g/mol. The second kappa shape index (κ2) is 10.1. The summed E-state index contributed by atoms with van der Waals surface area (Å²) in [5.74, 6) is -1.37. The number of carboxylic acids is 1. The number of aliphatic carboxylic acids is 1. The van der Waals surface area contributed by atoms with E-state index in [1.807, 2.05) is 18.0 Å². The molecule has 3 aromatic rings. The van der Waals surface area contributed by atoms with Crippen LogP contribution in [0, 0.1) is 5.82 Å². The number of hydrogen-bond donors (Lipinski definition) is 4. The summed E-state index contributed by atoms with van der Waals surface area (Å²) in [5.41, 5.74) is 1.51. The van der Waals surface area contributed by atoms with Gasteiger partial charge in [-0.1, -0.05) is 0 Å². The minimum Gasteiger partial charge on any atom is -0.480 e. The first kappa shape index (κ1) is 23.9. The van der Waals surface area contributed by atoms with Crippen molar-refractivity contribution >= 4 is 34.7 Å². The van der Waals surface area contributed by atoms with E-state index in [2.05, 4.69) is 31.0 Å². The van der Waals surface area contributed by atoms with E-state index in [1.54, 1.807) is 0 Å². The maximum absolute atomic E-state index is 14.0. The summed E-state index contributed by atoms with van der Waals surface area (Å²) in [7, 11) is 1.85. The number of imidazole rings is 1. The van der Waals surface area contributed by atoms with Crippen molar-refractivity contribution in [1.82, 2.24) is 24.5 Å². The van der Waals surface area contributed by atoms with Crippen LogP contribution in [-0.2, 0) is 4.79 Å². The molecule has 36 heavy (non-hydrogen) atoms. The zero-order chi connectivity index (χ0) is 25.2. The van der Waals surface area contributed by atoms with E-state index in [0.29, 0.717) is 17.5 Å². The number of carboxylic acid groups (broad SMARTS) is 1. The molecular formula is C24H29FN8O3. The second-order valence-electron chi connectivity index (χ2n) is 9.51. The molecule has 190 valence electrons. The van der Waals surface area contributed by atoms with Crippen molar-refractivity contribution in [3.8, 4) is 0 Å². The normalized spacial score (nSPS) is 19.9. The molecule has 0 radical (unpaired) electrons. The highest BCUT2D eigenvalue weighted by molar-refractivity contribution is 6.03. The minimum atomic E-state index is -0.821. The van der Waals surface area contributed by atoms with E-state index < -0.39 is 17.7 Å². The van der Waals surface area contributed by atoms with Crippen molar-refractivity contribution in [2.75, 3.05) is 29.5 Å². The lowest BCUT2D eigenvalue weighted by atomic mass is 9.90. The molecule has 0 atom stereocenters. The van der Waals surface area contributed by atoms with Crippen LogP contribution in [0.3, 0.4) is 0 Å². The van der Waals surface area contributed by atoms with Crippen molar-refractivity contribution in [2.45, 2.75) is 56.7 Å². The van der Waals surface area contributed by atoms with E-state index in [4.69, 9.17) is 5.11 Å². The number of carbonyl (C=O) groups is 2. The third-order valence-corrected chi connectivity index (χ3v) is 6.71. The fourth-order valence-electron chi connectivity index (χ4n) is 4.62. The summed E-state index contributed by atoms with van der Waals surface area (Å²) in [6.45, 7) is 0.0338. The lowest BCUT2D eigenvalue weighted by Crippen LogP contribution is -2.40. The molecule has 0 aliphatic heterocycles. The lowest BCUT2D eigenvalue weighted by molar-refractivity contribution is -0.138. The maximum atomic E-state index is 14.0. The number of halogens is 1. The average Bonchev–Trinajstić information content (AvgIpc) is 3.55. The number of amides is 1. The summed E-state index contributed by atoms with van der Waals surface area (Å²) >= 11 is 0. The molecular weight excluding hydrogens is 467 g/mol. The Kier molecular flexibility index (Phi) is 6.68. The van der Waals surface area contributed by atoms with Gasteiger partial charge in [0.2, 0.25) is 0 Å². The highest BCUT2D eigenvalue weighted by atomic mass is 19.1. The number of likely N-dealkylation sites (N-methyl/N-ethyl adjacent to an activating group) is 1. The van der Waals surface area contributed by atoms with Crippen LogP contribution in [0.5, 0.6) is 0 Å². The molecule has 2 aliphatic rings. The molecule has 2 saturated carbocycles. The third kappa shape index (κ3) is 5.38. The van der Waals surface area contributed by atoms with Crippen molar-refractivity contribution in [1.29, 1.82) is 0 Å². The molecule has 5 rings (SSSR count). The van der Waals surface area contributed by atoms with Gasteiger partial charge in [-0.2, -0.15) is 0 Å². The molecule has 3 heterocycles. The van der Waals surface area contributed by atoms with Gasteiger partial charge in [-0.15, -0.1) is 5.10 Å². The molecule has 2 fully saturated rings. The second-order valence-corrected chi connectivity index (χ2v) is 9.51. The van der Waals surface area contributed by atoms with Crippen molar-refractivity contribution in [3.05, 3.63) is 42.2 Å². The highest BCUT2D eigenvalue weighted by Gasteiger charge is 2.27. The lowest BCUT2D eigenvalue weighted by Gasteiger charge is -2.34. The molecule has 0 saturated heterocycles. The number of anilines is 3. The van der Waals surface area contributed by atoms with Gasteiger partial charge in [-0.25, -0.2) is 13.9 Å². The van der Waals surface area contributed by atoms with Gasteiger partial charge in [0.25, 0.3) is 5.91 Å². The fraction of sp³-hybridized carbons (Fsp3) is 0.458. The van der Waals surface area contributed by atoms with Crippen LogP contribution in [0.25, 0.3) is 5.65 Å². The molecule has 0 bridgehead atoms. The largest absolute Gasteiger partial charge is 0.480 e. The number of nitrogens with one attached hydrogen (secondary N) is 3. The van der Waals surface area contributed by atoms with E-state index in [1.165, 1.54) is 23.0 Å². The molecule has 12 heteroatoms. The molecule has 2 aliphatic carbocycles. The molecule has 1 amide bonds. The Morgan fingerprint density at radius 1 is 1.11 bits per heavy atom. The third-order valence-electron chi connectivity index (χ3n) is 6.71. The zero-order valence-corrected chi connectivity index (χ0v) is 19.9. The van der Waals surface area contributed by atoms with E-state index in [9.17, 15) is 14.0 Å². The zero-order valence-electron chi connectivity index (χ0n) is 19.9. The van der Waals surface area contributed by atoms with E-state index in [-0.39, 0.29) is 30.0 Å². The van der Waals surface area contributed by atoms with Crippen molar-refractivity contribution < 1.29 is 19.1 Å². The summed E-state index contributed by atoms with van der Waals surface area (Å²) in [6, 6.07) is 4.07. The monoisotopic (exact) mass is 496 g/mol. The van der Waals surface area contributed by atoms with Gasteiger partial charge in [-0.3, -0.25) is 19.5 Å². The Hall–Kier alpha value is -3.80. The Morgan fingerprint density at radius 3 is 2.53 bits per heavy atom. The first-order valence-electron chi connectivity index (χ1n) is 12.1. The number of carbonyl (C=O) groups excluding carboxylic acids is 1. The number of hydrogen-bond acceptors (Lipinski definition) is 8. The van der Waals surface area contributed by atoms with Gasteiger partial charge in [0.05, 0.1) is 30.3 Å². The van der Waals surface area contributed by atoms with Gasteiger partial charge < -0.3 is 21.1 Å². The van der Waals surface area contributed by atoms with E-state index >= 15 is 0 Å². The molecule has 4 N–H and O–H groups in total. The van der Waals surface area contributed by atoms with Gasteiger partial charge in [0, 0.05) is 30.4 Å². The van der Waals surface area contributed by atoms with Crippen LogP contribution >= 0.6 is 0 Å². The number of rotatable bonds is 9. The van der Waals surface area contributed by atoms with Crippen LogP contribution < -0.4 is 16.0 Å². The van der Waals surface area contributed by atoms with Crippen LogP contribution in [-0.4, -0.2) is 73.2 Å². The number of pyridine rings is 1. The van der Waals surface area contributed by atoms with Crippen LogP contribution in [0.4, 0.5) is 21.6 Å². The quantitative estimate of drug-likeness (QED) is 0.352. The van der Waals surface area contributed by atoms with Gasteiger partial charge >= 0.3 is 5.97 Å². The first-order chi connectivity index (χ1) is 17.4. The van der Waals surface area contributed by atoms with Crippen molar-refractivity contribution in [3.63, 3.8) is 0 Å². The van der Waals surface area contributed by atoms with Gasteiger partial charge in [0.15, 0.2) is 17.2 Å². The smallest absolute Gasteiger partial charge is 0.317 e. The standard InChI is InChI=1S/C24H29FN8O3/c1-32(13-22(34)35)16-6-4-15(5-7-16)29-21-10-19(28-14-2-3-14)23-27-12-20(33(23)31-21)24(36)30-18-8-9-26-11-17(18)25/h8-12,14-16,28H,2-7,13H2,1H3,(H,29,31)(H,34,35)(H,26,30,36). The van der Waals surface area contributed by atoms with Crippen LogP contribution in [0.2, 0.25) is 0 Å².